The third kappa shape index (κ3) is 3.90. The zero-order chi connectivity index (χ0) is 15.2. The molecular formula is C15H19N3O3. The van der Waals surface area contributed by atoms with Crippen molar-refractivity contribution < 1.29 is 9.84 Å². The molecule has 1 heterocycles. The van der Waals surface area contributed by atoms with Crippen LogP contribution in [-0.4, -0.2) is 35.1 Å². The van der Waals surface area contributed by atoms with Crippen molar-refractivity contribution in [1.29, 1.82) is 0 Å². The predicted molar refractivity (Wildman–Crippen MR) is 79.8 cm³/mol. The van der Waals surface area contributed by atoms with Crippen molar-refractivity contribution in [2.24, 2.45) is 0 Å². The Balaban J connectivity index is 2.25. The molecule has 6 nitrogen and oxygen atoms in total. The van der Waals surface area contributed by atoms with Crippen molar-refractivity contribution in [1.82, 2.24) is 15.1 Å². The summed E-state index contributed by atoms with van der Waals surface area (Å²) in [6.07, 6.45) is 0. The van der Waals surface area contributed by atoms with Gasteiger partial charge in [0.25, 0.3) is 5.56 Å². The van der Waals surface area contributed by atoms with Gasteiger partial charge < -0.3 is 15.2 Å². The minimum Gasteiger partial charge on any atom is -0.506 e. The van der Waals surface area contributed by atoms with Crippen LogP contribution in [0.1, 0.15) is 11.3 Å². The lowest BCUT2D eigenvalue weighted by atomic mass is 10.2. The van der Waals surface area contributed by atoms with Crippen LogP contribution in [0.4, 0.5) is 0 Å². The Bertz CT molecular complexity index is 650. The number of hydrogen-bond donors (Lipinski definition) is 2. The van der Waals surface area contributed by atoms with E-state index >= 15 is 0 Å². The summed E-state index contributed by atoms with van der Waals surface area (Å²) < 4.78 is 6.22. The molecule has 0 aliphatic heterocycles. The lowest BCUT2D eigenvalue weighted by Gasteiger charge is -2.10. The van der Waals surface area contributed by atoms with Crippen molar-refractivity contribution in [2.75, 3.05) is 20.3 Å². The van der Waals surface area contributed by atoms with Crippen molar-refractivity contribution in [3.63, 3.8) is 0 Å². The van der Waals surface area contributed by atoms with Gasteiger partial charge in [0.15, 0.2) is 0 Å². The van der Waals surface area contributed by atoms with Crippen LogP contribution in [0.5, 0.6) is 5.75 Å². The van der Waals surface area contributed by atoms with Crippen LogP contribution in [0.2, 0.25) is 0 Å². The third-order valence-electron chi connectivity index (χ3n) is 3.04. The lowest BCUT2D eigenvalue weighted by Crippen LogP contribution is -2.25. The first-order chi connectivity index (χ1) is 10.1. The van der Waals surface area contributed by atoms with Crippen LogP contribution in [-0.2, 0) is 11.3 Å². The fraction of sp³-hybridized carbons (Fsp3) is 0.333. The van der Waals surface area contributed by atoms with Crippen LogP contribution in [0.3, 0.4) is 0 Å². The summed E-state index contributed by atoms with van der Waals surface area (Å²) in [7, 11) is 1.62. The zero-order valence-electron chi connectivity index (χ0n) is 12.2. The fourth-order valence-electron chi connectivity index (χ4n) is 1.86. The number of hydrogen-bond acceptors (Lipinski definition) is 5. The Kier molecular flexibility index (Phi) is 5.08. The second kappa shape index (κ2) is 7.01. The molecule has 0 saturated carbocycles. The number of nitrogens with zero attached hydrogens (tertiary/aromatic N) is 2. The van der Waals surface area contributed by atoms with E-state index in [2.05, 4.69) is 10.4 Å². The van der Waals surface area contributed by atoms with E-state index in [1.54, 1.807) is 7.11 Å². The molecule has 1 aromatic heterocycles. The maximum absolute atomic E-state index is 12.0. The summed E-state index contributed by atoms with van der Waals surface area (Å²) >= 11 is 0. The monoisotopic (exact) mass is 289 g/mol. The fourth-order valence-corrected chi connectivity index (χ4v) is 1.86. The van der Waals surface area contributed by atoms with Gasteiger partial charge in [-0.3, -0.25) is 4.79 Å². The molecule has 6 heteroatoms. The van der Waals surface area contributed by atoms with Crippen molar-refractivity contribution in [3.8, 4) is 11.4 Å². The minimum absolute atomic E-state index is 0.103. The van der Waals surface area contributed by atoms with Crippen LogP contribution in [0.25, 0.3) is 5.69 Å². The quantitative estimate of drug-likeness (QED) is 0.775. The SMILES string of the molecule is COCCNCc1nn(-c2ccc(C)cc2)c(=O)cc1O. The maximum Gasteiger partial charge on any atom is 0.275 e. The molecule has 0 fully saturated rings. The Hall–Kier alpha value is -2.18. The van der Waals surface area contributed by atoms with Gasteiger partial charge >= 0.3 is 0 Å². The molecule has 0 saturated heterocycles. The average molecular weight is 289 g/mol. The number of benzene rings is 1. The maximum atomic E-state index is 12.0. The second-order valence-electron chi connectivity index (χ2n) is 4.73. The molecule has 112 valence electrons. The number of rotatable bonds is 6. The number of nitrogens with one attached hydrogen (secondary N) is 1. The molecule has 2 rings (SSSR count). The Morgan fingerprint density at radius 2 is 2.05 bits per heavy atom. The largest absolute Gasteiger partial charge is 0.506 e. The molecule has 0 aliphatic carbocycles. The highest BCUT2D eigenvalue weighted by Gasteiger charge is 2.09. The number of ether oxygens (including phenoxy) is 1. The summed E-state index contributed by atoms with van der Waals surface area (Å²) in [5.74, 6) is -0.103. The molecular weight excluding hydrogens is 270 g/mol. The molecule has 21 heavy (non-hydrogen) atoms. The number of methoxy groups -OCH3 is 1. The molecule has 0 spiro atoms. The van der Waals surface area contributed by atoms with Gasteiger partial charge in [-0.25, -0.2) is 0 Å². The van der Waals surface area contributed by atoms with Gasteiger partial charge in [0.05, 0.1) is 12.3 Å². The lowest BCUT2D eigenvalue weighted by molar-refractivity contribution is 0.199. The topological polar surface area (TPSA) is 76.4 Å². The van der Waals surface area contributed by atoms with E-state index in [0.717, 1.165) is 5.56 Å². The standard InChI is InChI=1S/C15H19N3O3/c1-11-3-5-12(6-4-11)18-15(20)9-14(19)13(17-18)10-16-7-8-21-2/h3-6,9,16,19H,7-8,10H2,1-2H3. The smallest absolute Gasteiger partial charge is 0.275 e. The van der Waals surface area contributed by atoms with Crippen LogP contribution >= 0.6 is 0 Å². The first-order valence-corrected chi connectivity index (χ1v) is 6.70. The summed E-state index contributed by atoms with van der Waals surface area (Å²) in [6, 6.07) is 8.64. The molecule has 2 aromatic rings. The van der Waals surface area contributed by atoms with E-state index in [1.165, 1.54) is 10.7 Å². The summed E-state index contributed by atoms with van der Waals surface area (Å²) in [5.41, 5.74) is 1.83. The molecule has 2 N–H and O–H groups in total. The van der Waals surface area contributed by atoms with Gasteiger partial charge in [-0.1, -0.05) is 17.7 Å². The summed E-state index contributed by atoms with van der Waals surface area (Å²) in [5, 5.41) is 17.1. The molecule has 0 radical (unpaired) electrons. The van der Waals surface area contributed by atoms with Gasteiger partial charge in [-0.05, 0) is 19.1 Å². The van der Waals surface area contributed by atoms with E-state index < -0.39 is 0 Å². The van der Waals surface area contributed by atoms with Crippen molar-refractivity contribution in [3.05, 3.63) is 51.9 Å². The first kappa shape index (κ1) is 15.2. The van der Waals surface area contributed by atoms with E-state index in [0.29, 0.717) is 31.1 Å². The number of aromatic hydroxyl groups is 1. The highest BCUT2D eigenvalue weighted by Crippen LogP contribution is 2.12. The number of aromatic nitrogens is 2. The van der Waals surface area contributed by atoms with Gasteiger partial charge in [-0.15, -0.1) is 0 Å². The summed E-state index contributed by atoms with van der Waals surface area (Å²) in [6.45, 7) is 3.54. The van der Waals surface area contributed by atoms with E-state index in [4.69, 9.17) is 4.74 Å². The zero-order valence-corrected chi connectivity index (χ0v) is 12.2. The molecule has 0 unspecified atom stereocenters. The predicted octanol–water partition coefficient (Wildman–Crippen LogP) is 0.983. The Morgan fingerprint density at radius 1 is 1.33 bits per heavy atom. The normalized spacial score (nSPS) is 10.8. The number of aryl methyl sites for hydroxylation is 1. The first-order valence-electron chi connectivity index (χ1n) is 6.70. The Morgan fingerprint density at radius 3 is 2.71 bits per heavy atom. The molecule has 0 amide bonds. The molecule has 0 aliphatic rings. The highest BCUT2D eigenvalue weighted by atomic mass is 16.5. The van der Waals surface area contributed by atoms with Crippen molar-refractivity contribution in [2.45, 2.75) is 13.5 Å². The Labute approximate surface area is 123 Å². The van der Waals surface area contributed by atoms with Crippen LogP contribution < -0.4 is 10.9 Å². The minimum atomic E-state index is -0.364. The molecule has 1 aromatic carbocycles. The second-order valence-corrected chi connectivity index (χ2v) is 4.73. The third-order valence-corrected chi connectivity index (χ3v) is 3.04. The summed E-state index contributed by atoms with van der Waals surface area (Å²) in [4.78, 5) is 12.0. The van der Waals surface area contributed by atoms with E-state index in [-0.39, 0.29) is 11.3 Å². The molecule has 0 bridgehead atoms. The van der Waals surface area contributed by atoms with Gasteiger partial charge in [0.1, 0.15) is 11.4 Å². The van der Waals surface area contributed by atoms with Crippen LogP contribution in [0.15, 0.2) is 35.1 Å². The van der Waals surface area contributed by atoms with Crippen molar-refractivity contribution >= 4 is 0 Å². The van der Waals surface area contributed by atoms with Gasteiger partial charge in [-0.2, -0.15) is 9.78 Å². The van der Waals surface area contributed by atoms with Gasteiger partial charge in [0, 0.05) is 26.3 Å². The molecule has 0 atom stereocenters. The van der Waals surface area contributed by atoms with Crippen LogP contribution in [0, 0.1) is 6.92 Å². The van der Waals surface area contributed by atoms with Gasteiger partial charge in [0.2, 0.25) is 0 Å². The average Bonchev–Trinajstić information content (AvgIpc) is 2.47. The van der Waals surface area contributed by atoms with E-state index in [9.17, 15) is 9.90 Å². The highest BCUT2D eigenvalue weighted by molar-refractivity contribution is 5.35. The van der Waals surface area contributed by atoms with E-state index in [1.807, 2.05) is 31.2 Å².